The van der Waals surface area contributed by atoms with Gasteiger partial charge in [0.1, 0.15) is 12.4 Å². The third-order valence-corrected chi connectivity index (χ3v) is 6.25. The van der Waals surface area contributed by atoms with Crippen LogP contribution in [0.25, 0.3) is 0 Å². The molecule has 0 bridgehead atoms. The largest absolute Gasteiger partial charge is 0.486 e. The lowest BCUT2D eigenvalue weighted by atomic mass is 10.0. The number of benzene rings is 2. The maximum Gasteiger partial charge on any atom is 0.337 e. The van der Waals surface area contributed by atoms with Crippen LogP contribution < -0.4 is 10.1 Å². The van der Waals surface area contributed by atoms with E-state index in [0.29, 0.717) is 16.9 Å². The molecule has 1 aromatic heterocycles. The predicted molar refractivity (Wildman–Crippen MR) is 134 cm³/mol. The van der Waals surface area contributed by atoms with Crippen molar-refractivity contribution in [1.82, 2.24) is 14.8 Å². The molecule has 0 radical (unpaired) electrons. The number of amides is 1. The van der Waals surface area contributed by atoms with E-state index in [0.717, 1.165) is 5.75 Å². The van der Waals surface area contributed by atoms with E-state index >= 15 is 0 Å². The topological polar surface area (TPSA) is 122 Å². The van der Waals surface area contributed by atoms with Crippen LogP contribution in [0, 0.1) is 0 Å². The summed E-state index contributed by atoms with van der Waals surface area (Å²) in [6.45, 7) is 4.50. The van der Waals surface area contributed by atoms with Crippen LogP contribution in [0.1, 0.15) is 51.9 Å². The van der Waals surface area contributed by atoms with Gasteiger partial charge in [-0.15, -0.1) is 10.2 Å². The van der Waals surface area contributed by atoms with Gasteiger partial charge in [-0.3, -0.25) is 4.79 Å². The van der Waals surface area contributed by atoms with Crippen molar-refractivity contribution in [2.75, 3.05) is 25.3 Å². The minimum absolute atomic E-state index is 0.0273. The summed E-state index contributed by atoms with van der Waals surface area (Å²) >= 11 is 1.19. The minimum atomic E-state index is -0.643. The smallest absolute Gasteiger partial charge is 0.337 e. The number of anilines is 1. The van der Waals surface area contributed by atoms with Crippen LogP contribution in [-0.2, 0) is 27.9 Å². The molecular formula is C25H28N4O6S. The Morgan fingerprint density at radius 3 is 2.14 bits per heavy atom. The zero-order valence-electron chi connectivity index (χ0n) is 20.7. The highest BCUT2D eigenvalue weighted by Crippen LogP contribution is 2.21. The Balaban J connectivity index is 1.59. The molecular weight excluding hydrogens is 484 g/mol. The molecule has 0 unspecified atom stereocenters. The minimum Gasteiger partial charge on any atom is -0.486 e. The van der Waals surface area contributed by atoms with Crippen molar-refractivity contribution < 1.29 is 28.6 Å². The van der Waals surface area contributed by atoms with Crippen LogP contribution in [0.4, 0.5) is 5.69 Å². The van der Waals surface area contributed by atoms with Crippen molar-refractivity contribution in [3.63, 3.8) is 0 Å². The molecule has 3 rings (SSSR count). The number of nitrogens with zero attached hydrogens (tertiary/aromatic N) is 3. The molecule has 2 aromatic carbocycles. The fraction of sp³-hybridized carbons (Fsp3) is 0.320. The summed E-state index contributed by atoms with van der Waals surface area (Å²) in [5.74, 6) is 0.172. The highest BCUT2D eigenvalue weighted by atomic mass is 32.2. The van der Waals surface area contributed by atoms with Crippen molar-refractivity contribution in [2.24, 2.45) is 7.05 Å². The number of thioether (sulfide) groups is 1. The molecule has 0 aliphatic rings. The molecule has 0 aliphatic carbocycles. The summed E-state index contributed by atoms with van der Waals surface area (Å²) in [6, 6.07) is 12.1. The van der Waals surface area contributed by atoms with E-state index in [9.17, 15) is 14.4 Å². The maximum atomic E-state index is 12.5. The number of carbonyl (C=O) groups is 3. The maximum absolute atomic E-state index is 12.5. The molecule has 0 fully saturated rings. The molecule has 1 heterocycles. The third kappa shape index (κ3) is 6.85. The van der Waals surface area contributed by atoms with Gasteiger partial charge in [-0.25, -0.2) is 9.59 Å². The average Bonchev–Trinajstić information content (AvgIpc) is 3.24. The molecule has 3 aromatic rings. The zero-order valence-corrected chi connectivity index (χ0v) is 21.5. The van der Waals surface area contributed by atoms with Crippen LogP contribution in [0.3, 0.4) is 0 Å². The van der Waals surface area contributed by atoms with Gasteiger partial charge in [-0.2, -0.15) is 0 Å². The Bertz CT molecular complexity index is 1210. The van der Waals surface area contributed by atoms with Gasteiger partial charge in [0.2, 0.25) is 5.91 Å². The van der Waals surface area contributed by atoms with E-state index in [-0.39, 0.29) is 35.1 Å². The molecule has 36 heavy (non-hydrogen) atoms. The summed E-state index contributed by atoms with van der Waals surface area (Å²) in [7, 11) is 4.25. The van der Waals surface area contributed by atoms with E-state index in [1.165, 1.54) is 49.7 Å². The fourth-order valence-electron chi connectivity index (χ4n) is 3.19. The van der Waals surface area contributed by atoms with E-state index in [1.54, 1.807) is 11.6 Å². The fourth-order valence-corrected chi connectivity index (χ4v) is 3.92. The van der Waals surface area contributed by atoms with E-state index in [1.807, 2.05) is 24.3 Å². The molecule has 1 N–H and O–H groups in total. The first-order valence-corrected chi connectivity index (χ1v) is 12.1. The first-order valence-electron chi connectivity index (χ1n) is 11.1. The van der Waals surface area contributed by atoms with Crippen LogP contribution in [-0.4, -0.2) is 52.6 Å². The van der Waals surface area contributed by atoms with Gasteiger partial charge < -0.3 is 24.1 Å². The number of hydrogen-bond donors (Lipinski definition) is 1. The normalized spacial score (nSPS) is 10.7. The molecule has 0 saturated carbocycles. The standard InChI is InChI=1S/C25H28N4O6S/c1-15(2)16-6-8-20(9-7-16)35-13-21-27-28-25(29(21)3)36-14-22(30)26-19-11-17(23(31)33-4)10-18(12-19)24(32)34-5/h6-12,15H,13-14H2,1-5H3,(H,26,30). The first kappa shape index (κ1) is 26.7. The van der Waals surface area contributed by atoms with Gasteiger partial charge >= 0.3 is 11.9 Å². The number of esters is 2. The number of carbonyl (C=O) groups excluding carboxylic acids is 3. The number of methoxy groups -OCH3 is 2. The van der Waals surface area contributed by atoms with Crippen molar-refractivity contribution in [1.29, 1.82) is 0 Å². The van der Waals surface area contributed by atoms with Gasteiger partial charge in [0.15, 0.2) is 11.0 Å². The Labute approximate surface area is 213 Å². The van der Waals surface area contributed by atoms with Crippen molar-refractivity contribution >= 4 is 35.3 Å². The van der Waals surface area contributed by atoms with E-state index in [2.05, 4.69) is 29.4 Å². The third-order valence-electron chi connectivity index (χ3n) is 5.23. The first-order chi connectivity index (χ1) is 17.2. The second-order valence-corrected chi connectivity index (χ2v) is 9.03. The Kier molecular flexibility index (Phi) is 9.07. The molecule has 0 atom stereocenters. The SMILES string of the molecule is COC(=O)c1cc(NC(=O)CSc2nnc(COc3ccc(C(C)C)cc3)n2C)cc(C(=O)OC)c1. The molecule has 1 amide bonds. The average molecular weight is 513 g/mol. The molecule has 10 nitrogen and oxygen atoms in total. The van der Waals surface area contributed by atoms with Gasteiger partial charge in [0.05, 0.1) is 31.1 Å². The number of nitrogens with one attached hydrogen (secondary N) is 1. The summed E-state index contributed by atoms with van der Waals surface area (Å²) < 4.78 is 17.0. The second-order valence-electron chi connectivity index (χ2n) is 8.09. The van der Waals surface area contributed by atoms with Gasteiger partial charge in [0, 0.05) is 12.7 Å². The molecule has 0 spiro atoms. The molecule has 0 aliphatic heterocycles. The Morgan fingerprint density at radius 2 is 1.58 bits per heavy atom. The molecule has 0 saturated heterocycles. The summed E-state index contributed by atoms with van der Waals surface area (Å²) in [6.07, 6.45) is 0. The second kappa shape index (κ2) is 12.2. The van der Waals surface area contributed by atoms with Crippen LogP contribution in [0.5, 0.6) is 5.75 Å². The van der Waals surface area contributed by atoms with Gasteiger partial charge in [-0.1, -0.05) is 37.7 Å². The van der Waals surface area contributed by atoms with Crippen molar-refractivity contribution in [3.8, 4) is 5.75 Å². The van der Waals surface area contributed by atoms with Gasteiger partial charge in [0.25, 0.3) is 0 Å². The summed E-state index contributed by atoms with van der Waals surface area (Å²) in [5.41, 5.74) is 1.72. The predicted octanol–water partition coefficient (Wildman–Crippen LogP) is 3.82. The zero-order chi connectivity index (χ0) is 26.2. The highest BCUT2D eigenvalue weighted by molar-refractivity contribution is 7.99. The number of ether oxygens (including phenoxy) is 3. The molecule has 190 valence electrons. The highest BCUT2D eigenvalue weighted by Gasteiger charge is 2.16. The van der Waals surface area contributed by atoms with Crippen LogP contribution in [0.15, 0.2) is 47.6 Å². The van der Waals surface area contributed by atoms with E-state index in [4.69, 9.17) is 14.2 Å². The quantitative estimate of drug-likeness (QED) is 0.319. The van der Waals surface area contributed by atoms with Crippen molar-refractivity contribution in [2.45, 2.75) is 31.5 Å². The Hall–Kier alpha value is -3.86. The lowest BCUT2D eigenvalue weighted by molar-refractivity contribution is -0.113. The lowest BCUT2D eigenvalue weighted by Gasteiger charge is -2.10. The number of aromatic nitrogens is 3. The van der Waals surface area contributed by atoms with E-state index < -0.39 is 11.9 Å². The number of hydrogen-bond acceptors (Lipinski definition) is 9. The monoisotopic (exact) mass is 512 g/mol. The summed E-state index contributed by atoms with van der Waals surface area (Å²) in [4.78, 5) is 36.4. The summed E-state index contributed by atoms with van der Waals surface area (Å²) in [5, 5.41) is 11.5. The Morgan fingerprint density at radius 1 is 0.972 bits per heavy atom. The van der Waals surface area contributed by atoms with Gasteiger partial charge in [-0.05, 0) is 41.8 Å². The van der Waals surface area contributed by atoms with Crippen LogP contribution in [0.2, 0.25) is 0 Å². The molecule has 11 heteroatoms. The lowest BCUT2D eigenvalue weighted by Crippen LogP contribution is -2.16. The van der Waals surface area contributed by atoms with Crippen LogP contribution >= 0.6 is 11.8 Å². The van der Waals surface area contributed by atoms with Crippen molar-refractivity contribution in [3.05, 3.63) is 65.0 Å². The number of rotatable bonds is 10.